The highest BCUT2D eigenvalue weighted by atomic mass is 16.5. The van der Waals surface area contributed by atoms with Crippen molar-refractivity contribution in [3.05, 3.63) is 47.6 Å². The van der Waals surface area contributed by atoms with Crippen molar-refractivity contribution in [2.24, 2.45) is 0 Å². The minimum absolute atomic E-state index is 0.592. The molecule has 1 aromatic carbocycles. The van der Waals surface area contributed by atoms with Crippen LogP contribution in [0.2, 0.25) is 0 Å². The molecule has 0 N–H and O–H groups in total. The van der Waals surface area contributed by atoms with Gasteiger partial charge >= 0.3 is 0 Å². The zero-order valence-electron chi connectivity index (χ0n) is 12.0. The van der Waals surface area contributed by atoms with Crippen molar-refractivity contribution in [2.45, 2.75) is 45.2 Å². The maximum absolute atomic E-state index is 5.31. The molecule has 106 valence electrons. The van der Waals surface area contributed by atoms with E-state index in [9.17, 15) is 0 Å². The highest BCUT2D eigenvalue weighted by Gasteiger charge is 2.26. The molecule has 0 bridgehead atoms. The zero-order chi connectivity index (χ0) is 13.8. The molecule has 2 heterocycles. The zero-order valence-corrected chi connectivity index (χ0v) is 12.0. The van der Waals surface area contributed by atoms with Gasteiger partial charge in [0.1, 0.15) is 0 Å². The number of hydrogen-bond donors (Lipinski definition) is 0. The second-order valence-corrected chi connectivity index (χ2v) is 5.41. The maximum Gasteiger partial charge on any atom is 0.240 e. The van der Waals surface area contributed by atoms with Crippen LogP contribution in [0.1, 0.15) is 37.0 Å². The van der Waals surface area contributed by atoms with E-state index in [0.29, 0.717) is 6.04 Å². The van der Waals surface area contributed by atoms with Gasteiger partial charge in [0.15, 0.2) is 5.82 Å². The van der Waals surface area contributed by atoms with Crippen LogP contribution in [-0.2, 0) is 19.4 Å². The van der Waals surface area contributed by atoms with Gasteiger partial charge in [0.2, 0.25) is 5.89 Å². The number of hydrogen-bond acceptors (Lipinski definition) is 4. The van der Waals surface area contributed by atoms with Crippen molar-refractivity contribution in [2.75, 3.05) is 6.54 Å². The second kappa shape index (κ2) is 6.18. The Morgan fingerprint density at radius 1 is 1.30 bits per heavy atom. The van der Waals surface area contributed by atoms with Gasteiger partial charge in [0, 0.05) is 12.5 Å². The van der Waals surface area contributed by atoms with E-state index in [0.717, 1.165) is 37.6 Å². The largest absolute Gasteiger partial charge is 0.338 e. The third-order valence-electron chi connectivity index (χ3n) is 3.98. The Bertz CT molecular complexity index is 538. The van der Waals surface area contributed by atoms with Gasteiger partial charge in [-0.25, -0.2) is 0 Å². The molecule has 1 aromatic heterocycles. The molecular weight excluding hydrogens is 250 g/mol. The van der Waals surface area contributed by atoms with E-state index in [1.165, 1.54) is 18.4 Å². The van der Waals surface area contributed by atoms with Crippen LogP contribution in [0.4, 0.5) is 0 Å². The summed E-state index contributed by atoms with van der Waals surface area (Å²) in [5, 5.41) is 3.97. The first-order valence-electron chi connectivity index (χ1n) is 7.44. The summed E-state index contributed by atoms with van der Waals surface area (Å²) in [6, 6.07) is 11.3. The smallest absolute Gasteiger partial charge is 0.240 e. The van der Waals surface area contributed by atoms with E-state index >= 15 is 0 Å². The predicted octanol–water partition coefficient (Wildman–Crippen LogP) is 2.84. The Kier molecular flexibility index (Phi) is 4.11. The van der Waals surface area contributed by atoms with Crippen LogP contribution in [0, 0.1) is 0 Å². The molecule has 1 aliphatic heterocycles. The van der Waals surface area contributed by atoms with Crippen molar-refractivity contribution >= 4 is 0 Å². The first-order chi connectivity index (χ1) is 9.85. The van der Waals surface area contributed by atoms with E-state index in [1.54, 1.807) is 0 Å². The third kappa shape index (κ3) is 3.07. The Labute approximate surface area is 119 Å². The predicted molar refractivity (Wildman–Crippen MR) is 77.3 cm³/mol. The lowest BCUT2D eigenvalue weighted by Gasteiger charge is -2.22. The van der Waals surface area contributed by atoms with E-state index in [4.69, 9.17) is 4.52 Å². The highest BCUT2D eigenvalue weighted by molar-refractivity contribution is 5.16. The minimum atomic E-state index is 0.592. The van der Waals surface area contributed by atoms with Crippen molar-refractivity contribution in [3.8, 4) is 0 Å². The summed E-state index contributed by atoms with van der Waals surface area (Å²) in [5.41, 5.74) is 1.41. The number of rotatable bonds is 5. The summed E-state index contributed by atoms with van der Waals surface area (Å²) in [6.45, 7) is 3.95. The molecule has 20 heavy (non-hydrogen) atoms. The molecule has 1 atom stereocenters. The fourth-order valence-electron chi connectivity index (χ4n) is 2.89. The lowest BCUT2D eigenvalue weighted by Crippen LogP contribution is -2.30. The fraction of sp³-hybridized carbons (Fsp3) is 0.500. The van der Waals surface area contributed by atoms with Crippen molar-refractivity contribution < 1.29 is 4.52 Å². The molecule has 0 unspecified atom stereocenters. The van der Waals surface area contributed by atoms with Gasteiger partial charge in [0.25, 0.3) is 0 Å². The third-order valence-corrected chi connectivity index (χ3v) is 3.98. The maximum atomic E-state index is 5.31. The number of likely N-dealkylation sites (tertiary alicyclic amines) is 1. The quantitative estimate of drug-likeness (QED) is 0.838. The van der Waals surface area contributed by atoms with Crippen molar-refractivity contribution in [3.63, 3.8) is 0 Å². The molecule has 0 saturated carbocycles. The lowest BCUT2D eigenvalue weighted by atomic mass is 10.0. The summed E-state index contributed by atoms with van der Waals surface area (Å²) >= 11 is 0. The van der Waals surface area contributed by atoms with Crippen molar-refractivity contribution in [1.29, 1.82) is 0 Å². The standard InChI is InChI=1S/C16H21N3O/c1-2-15-17-16(20-18-15)12-19-10-6-9-14(19)11-13-7-4-3-5-8-13/h3-5,7-8,14H,2,6,9-12H2,1H3/t14-/m0/s1. The van der Waals surface area contributed by atoms with Gasteiger partial charge in [-0.2, -0.15) is 4.98 Å². The summed E-state index contributed by atoms with van der Waals surface area (Å²) in [7, 11) is 0. The molecule has 0 aliphatic carbocycles. The molecule has 0 amide bonds. The number of benzene rings is 1. The SMILES string of the molecule is CCc1noc(CN2CCC[C@H]2Cc2ccccc2)n1. The molecule has 1 saturated heterocycles. The molecule has 4 heteroatoms. The average molecular weight is 271 g/mol. The molecule has 4 nitrogen and oxygen atoms in total. The molecule has 0 spiro atoms. The lowest BCUT2D eigenvalue weighted by molar-refractivity contribution is 0.209. The molecular formula is C16H21N3O. The van der Waals surface area contributed by atoms with E-state index in [2.05, 4.69) is 45.4 Å². The first-order valence-corrected chi connectivity index (χ1v) is 7.44. The van der Waals surface area contributed by atoms with Gasteiger partial charge in [-0.05, 0) is 31.4 Å². The summed E-state index contributed by atoms with van der Waals surface area (Å²) < 4.78 is 5.31. The summed E-state index contributed by atoms with van der Waals surface area (Å²) in [6.07, 6.45) is 4.45. The van der Waals surface area contributed by atoms with Crippen LogP contribution >= 0.6 is 0 Å². The molecule has 1 aliphatic rings. The Hall–Kier alpha value is -1.68. The molecule has 3 rings (SSSR count). The van der Waals surface area contributed by atoms with Gasteiger partial charge < -0.3 is 4.52 Å². The van der Waals surface area contributed by atoms with Gasteiger partial charge in [0.05, 0.1) is 6.54 Å². The number of aromatic nitrogens is 2. The van der Waals surface area contributed by atoms with E-state index < -0.39 is 0 Å². The van der Waals surface area contributed by atoms with Crippen LogP contribution < -0.4 is 0 Å². The molecule has 0 radical (unpaired) electrons. The topological polar surface area (TPSA) is 42.2 Å². The number of nitrogens with zero attached hydrogens (tertiary/aromatic N) is 3. The fourth-order valence-corrected chi connectivity index (χ4v) is 2.89. The monoisotopic (exact) mass is 271 g/mol. The van der Waals surface area contributed by atoms with Crippen molar-refractivity contribution in [1.82, 2.24) is 15.0 Å². The normalized spacial score (nSPS) is 19.6. The van der Waals surface area contributed by atoms with E-state index in [-0.39, 0.29) is 0 Å². The average Bonchev–Trinajstić information content (AvgIpc) is 3.10. The van der Waals surface area contributed by atoms with Gasteiger partial charge in [-0.3, -0.25) is 4.90 Å². The van der Waals surface area contributed by atoms with Crippen LogP contribution in [-0.4, -0.2) is 27.6 Å². The van der Waals surface area contributed by atoms with Crippen LogP contribution in [0.5, 0.6) is 0 Å². The number of aryl methyl sites for hydroxylation is 1. The van der Waals surface area contributed by atoms with Crippen LogP contribution in [0.15, 0.2) is 34.9 Å². The van der Waals surface area contributed by atoms with Crippen LogP contribution in [0.3, 0.4) is 0 Å². The van der Waals surface area contributed by atoms with Crippen LogP contribution in [0.25, 0.3) is 0 Å². The van der Waals surface area contributed by atoms with Gasteiger partial charge in [-0.15, -0.1) is 0 Å². The minimum Gasteiger partial charge on any atom is -0.338 e. The summed E-state index contributed by atoms with van der Waals surface area (Å²) in [4.78, 5) is 6.89. The highest BCUT2D eigenvalue weighted by Crippen LogP contribution is 2.22. The first kappa shape index (κ1) is 13.3. The Morgan fingerprint density at radius 3 is 2.90 bits per heavy atom. The second-order valence-electron chi connectivity index (χ2n) is 5.41. The Balaban J connectivity index is 1.63. The summed E-state index contributed by atoms with van der Waals surface area (Å²) in [5.74, 6) is 1.56. The van der Waals surface area contributed by atoms with E-state index in [1.807, 2.05) is 6.92 Å². The molecule has 2 aromatic rings. The molecule has 1 fully saturated rings. The van der Waals surface area contributed by atoms with Gasteiger partial charge in [-0.1, -0.05) is 42.4 Å². The Morgan fingerprint density at radius 2 is 2.15 bits per heavy atom.